The number of nitrogens with one attached hydrogen (secondary N) is 2. The molecule has 3 heterocycles. The summed E-state index contributed by atoms with van der Waals surface area (Å²) in [5.41, 5.74) is 1.79. The minimum atomic E-state index is -3.12. The Hall–Kier alpha value is -2.24. The van der Waals surface area contributed by atoms with Crippen molar-refractivity contribution in [2.45, 2.75) is 24.9 Å². The van der Waals surface area contributed by atoms with Crippen LogP contribution in [0.1, 0.15) is 29.4 Å². The van der Waals surface area contributed by atoms with Crippen molar-refractivity contribution in [2.24, 2.45) is 0 Å². The Morgan fingerprint density at radius 3 is 2.60 bits per heavy atom. The molecular weight excluding hydrogens is 430 g/mol. The van der Waals surface area contributed by atoms with Crippen molar-refractivity contribution in [3.8, 4) is 17.0 Å². The molecule has 30 heavy (non-hydrogen) atoms. The third-order valence-electron chi connectivity index (χ3n) is 5.57. The number of hydrogen-bond acceptors (Lipinski definition) is 5. The van der Waals surface area contributed by atoms with Crippen molar-refractivity contribution in [3.63, 3.8) is 0 Å². The van der Waals surface area contributed by atoms with E-state index in [1.807, 2.05) is 12.1 Å². The van der Waals surface area contributed by atoms with Gasteiger partial charge in [-0.1, -0.05) is 4.21 Å². The zero-order valence-electron chi connectivity index (χ0n) is 16.5. The molecule has 2 aliphatic heterocycles. The summed E-state index contributed by atoms with van der Waals surface area (Å²) in [5.74, 6) is 0.658. The minimum Gasteiger partial charge on any atom is -0.497 e. The van der Waals surface area contributed by atoms with E-state index in [9.17, 15) is 22.0 Å². The quantitative estimate of drug-likeness (QED) is 0.452. The summed E-state index contributed by atoms with van der Waals surface area (Å²) < 4.78 is 52.4. The van der Waals surface area contributed by atoms with E-state index in [0.29, 0.717) is 24.3 Å². The topological polar surface area (TPSA) is 129 Å². The molecule has 2 fully saturated rings. The van der Waals surface area contributed by atoms with Gasteiger partial charge < -0.3 is 10.1 Å². The minimum absolute atomic E-state index is 0.0115. The van der Waals surface area contributed by atoms with E-state index in [1.54, 1.807) is 30.0 Å². The molecule has 2 aliphatic rings. The number of carbonyl (C=O) groups is 1. The number of benzene rings is 1. The first kappa shape index (κ1) is 21.0. The van der Waals surface area contributed by atoms with E-state index in [4.69, 9.17) is 4.74 Å². The Morgan fingerprint density at radius 1 is 1.30 bits per heavy atom. The molecule has 3 atom stereocenters. The fraction of sp³-hybridized carbons (Fsp3) is 0.474. The van der Waals surface area contributed by atoms with Crippen LogP contribution in [0.5, 0.6) is 5.75 Å². The third-order valence-corrected chi connectivity index (χ3v) is 9.11. The maximum Gasteiger partial charge on any atom is 0.273 e. The lowest BCUT2D eigenvalue weighted by atomic mass is 10.1. The van der Waals surface area contributed by atoms with Crippen LogP contribution in [0.25, 0.3) is 11.3 Å². The third kappa shape index (κ3) is 4.42. The van der Waals surface area contributed by atoms with Gasteiger partial charge in [-0.25, -0.2) is 8.42 Å². The molecule has 2 saturated heterocycles. The number of carbonyl (C=O) groups excluding carboxylic acids is 1. The van der Waals surface area contributed by atoms with Crippen molar-refractivity contribution in [1.82, 2.24) is 10.4 Å². The lowest BCUT2D eigenvalue weighted by Gasteiger charge is -2.07. The monoisotopic (exact) mass is 455 g/mol. The Balaban J connectivity index is 1.65. The van der Waals surface area contributed by atoms with Crippen molar-refractivity contribution >= 4 is 26.0 Å². The molecule has 0 spiro atoms. The summed E-state index contributed by atoms with van der Waals surface area (Å²) >= 11 is 0. The fourth-order valence-corrected chi connectivity index (χ4v) is 7.38. The average molecular weight is 456 g/mol. The van der Waals surface area contributed by atoms with Gasteiger partial charge in [0.05, 0.1) is 18.9 Å². The van der Waals surface area contributed by atoms with Crippen LogP contribution >= 0.6 is 0 Å². The van der Waals surface area contributed by atoms with Gasteiger partial charge in [-0.3, -0.25) is 4.79 Å². The Bertz CT molecular complexity index is 1110. The standard InChI is InChI=1S/C19H23N3O6S2/c1-28-16-4-2-13(3-5-16)18-10-17(19(23)20-14-6-8-29(24,25)11-14)21-22(18)15-7-9-30(26,27)12-15/h2-5,10,14-15H,6-9,11-12H2,1H3,(H-,20,23,24,25)/p+2/t14-,15+/m1/s1. The van der Waals surface area contributed by atoms with Crippen molar-refractivity contribution in [3.05, 3.63) is 36.0 Å². The maximum atomic E-state index is 12.8. The summed E-state index contributed by atoms with van der Waals surface area (Å²) in [4.78, 5) is 12.8. The molecule has 162 valence electrons. The van der Waals surface area contributed by atoms with E-state index in [2.05, 4.69) is 10.4 Å². The Morgan fingerprint density at radius 2 is 2.03 bits per heavy atom. The molecule has 0 aliphatic carbocycles. The van der Waals surface area contributed by atoms with E-state index >= 15 is 0 Å². The molecule has 4 rings (SSSR count). The highest BCUT2D eigenvalue weighted by molar-refractivity contribution is 7.98. The number of rotatable bonds is 5. The first-order valence-electron chi connectivity index (χ1n) is 9.68. The Labute approximate surface area is 176 Å². The molecule has 3 N–H and O–H groups in total. The molecule has 11 heteroatoms. The van der Waals surface area contributed by atoms with E-state index < -0.39 is 20.1 Å². The molecule has 1 aromatic carbocycles. The predicted octanol–water partition coefficient (Wildman–Crippen LogP) is 0.812. The molecular formula is C19H25N3O6S2+2. The van der Waals surface area contributed by atoms with Crippen LogP contribution in [-0.2, 0) is 24.3 Å². The largest absolute Gasteiger partial charge is 0.497 e. The van der Waals surface area contributed by atoms with Crippen LogP contribution in [0.15, 0.2) is 30.3 Å². The smallest absolute Gasteiger partial charge is 0.273 e. The summed E-state index contributed by atoms with van der Waals surface area (Å²) in [7, 11) is -4.40. The fourth-order valence-electron chi connectivity index (χ4n) is 3.98. The van der Waals surface area contributed by atoms with Crippen molar-refractivity contribution < 1.29 is 31.4 Å². The lowest BCUT2D eigenvalue weighted by molar-refractivity contribution is -0.759. The van der Waals surface area contributed by atoms with Crippen LogP contribution in [0, 0.1) is 0 Å². The summed E-state index contributed by atoms with van der Waals surface area (Å²) in [6.45, 7) is 0. The SMILES string of the molecule is COc1ccc(-c2cc(C(=O)N[C@@H]3CC[S+](=O)(O)C3)[nH][n+]2[C@H]2CCS(=O)(=O)C2)cc1. The number of ether oxygens (including phenoxy) is 1. The van der Waals surface area contributed by atoms with Crippen molar-refractivity contribution in [2.75, 3.05) is 30.1 Å². The molecule has 1 unspecified atom stereocenters. The van der Waals surface area contributed by atoms with Gasteiger partial charge in [0.25, 0.3) is 5.91 Å². The van der Waals surface area contributed by atoms with Crippen LogP contribution in [0.2, 0.25) is 0 Å². The number of H-pyrrole nitrogens is 1. The number of nitrogens with zero attached hydrogens (tertiary/aromatic N) is 1. The second-order valence-corrected chi connectivity index (χ2v) is 12.3. The normalized spacial score (nSPS) is 27.8. The number of aromatic amines is 1. The number of amides is 1. The molecule has 0 saturated carbocycles. The van der Waals surface area contributed by atoms with E-state index in [-0.39, 0.29) is 46.7 Å². The maximum absolute atomic E-state index is 12.8. The summed E-state index contributed by atoms with van der Waals surface area (Å²) in [6.07, 6.45) is 0.918. The zero-order valence-corrected chi connectivity index (χ0v) is 18.2. The van der Waals surface area contributed by atoms with Gasteiger partial charge in [0.1, 0.15) is 17.3 Å². The predicted molar refractivity (Wildman–Crippen MR) is 112 cm³/mol. The number of methoxy groups -OCH3 is 1. The van der Waals surface area contributed by atoms with E-state index in [0.717, 1.165) is 5.56 Å². The second-order valence-electron chi connectivity index (χ2n) is 7.81. The van der Waals surface area contributed by atoms with Crippen LogP contribution in [0.3, 0.4) is 0 Å². The number of aromatic nitrogens is 2. The summed E-state index contributed by atoms with van der Waals surface area (Å²) in [5, 5.41) is 5.87. The molecule has 0 radical (unpaired) electrons. The van der Waals surface area contributed by atoms with Crippen LogP contribution in [-0.4, -0.2) is 60.1 Å². The van der Waals surface area contributed by atoms with Gasteiger partial charge in [-0.05, 0) is 24.3 Å². The second kappa shape index (κ2) is 7.78. The first-order chi connectivity index (χ1) is 14.2. The van der Waals surface area contributed by atoms with Gasteiger partial charge in [-0.2, -0.15) is 9.65 Å². The molecule has 9 nitrogen and oxygen atoms in total. The highest BCUT2D eigenvalue weighted by Gasteiger charge is 2.41. The molecule has 1 aromatic heterocycles. The first-order valence-corrected chi connectivity index (χ1v) is 13.4. The molecule has 2 aromatic rings. The average Bonchev–Trinajstić information content (AvgIpc) is 3.38. The number of sulfone groups is 1. The van der Waals surface area contributed by atoms with Gasteiger partial charge in [0, 0.05) is 24.5 Å². The highest BCUT2D eigenvalue weighted by atomic mass is 32.3. The lowest BCUT2D eigenvalue weighted by Crippen LogP contribution is -2.44. The van der Waals surface area contributed by atoms with E-state index in [1.165, 1.54) is 0 Å². The van der Waals surface area contributed by atoms with Crippen LogP contribution < -0.4 is 14.7 Å². The number of hydrogen-bond donors (Lipinski definition) is 3. The van der Waals surface area contributed by atoms with Crippen molar-refractivity contribution in [1.29, 1.82) is 0 Å². The van der Waals surface area contributed by atoms with Gasteiger partial charge >= 0.3 is 0 Å². The molecule has 1 amide bonds. The van der Waals surface area contributed by atoms with Gasteiger partial charge in [0.2, 0.25) is 15.9 Å². The Kier molecular flexibility index (Phi) is 5.45. The summed E-state index contributed by atoms with van der Waals surface area (Å²) in [6, 6.07) is 8.33. The molecule has 0 bridgehead atoms. The zero-order chi connectivity index (χ0) is 21.5. The van der Waals surface area contributed by atoms with Crippen LogP contribution in [0.4, 0.5) is 0 Å². The van der Waals surface area contributed by atoms with Gasteiger partial charge in [0.15, 0.2) is 27.3 Å². The highest BCUT2D eigenvalue weighted by Crippen LogP contribution is 2.25. The van der Waals surface area contributed by atoms with Gasteiger partial charge in [-0.15, -0.1) is 4.68 Å².